The molecule has 0 aromatic carbocycles. The van der Waals surface area contributed by atoms with Crippen LogP contribution in [0.5, 0.6) is 0 Å². The van der Waals surface area contributed by atoms with E-state index in [2.05, 4.69) is 6.58 Å². The highest BCUT2D eigenvalue weighted by molar-refractivity contribution is 5.87. The Morgan fingerprint density at radius 1 is 1.29 bits per heavy atom. The Morgan fingerprint density at radius 2 is 1.81 bits per heavy atom. The third kappa shape index (κ3) is 4.50. The summed E-state index contributed by atoms with van der Waals surface area (Å²) >= 11 is 0. The average molecular weight is 304 g/mol. The van der Waals surface area contributed by atoms with Gasteiger partial charge in [-0.1, -0.05) is 6.58 Å². The molecule has 1 fully saturated rings. The van der Waals surface area contributed by atoms with Gasteiger partial charge in [0.1, 0.15) is 12.2 Å². The van der Waals surface area contributed by atoms with E-state index < -0.39 is 47.4 Å². The highest BCUT2D eigenvalue weighted by Crippen LogP contribution is 2.34. The lowest BCUT2D eigenvalue weighted by atomic mass is 10.0. The quantitative estimate of drug-likeness (QED) is 0.474. The fraction of sp³-hybridized carbons (Fsp3) is 0.692. The van der Waals surface area contributed by atoms with Crippen molar-refractivity contribution in [2.45, 2.75) is 57.6 Å². The lowest BCUT2D eigenvalue weighted by molar-refractivity contribution is -0.227. The molecule has 0 aliphatic carbocycles. The standard InChI is InChI=1S/C13H20O8/c1-6(10(14)15)7(19-12(2,3)18)8-9(11(16)17)21-13(4,5)20-8/h7-9,18H,1H2,2-5H3,(H,14,15)(H,16,17). The summed E-state index contributed by atoms with van der Waals surface area (Å²) in [5.41, 5.74) is -0.435. The maximum Gasteiger partial charge on any atom is 0.335 e. The second-order valence-electron chi connectivity index (χ2n) is 5.67. The zero-order valence-electron chi connectivity index (χ0n) is 12.3. The van der Waals surface area contributed by atoms with Gasteiger partial charge in [0, 0.05) is 0 Å². The molecule has 1 rings (SSSR count). The molecule has 120 valence electrons. The summed E-state index contributed by atoms with van der Waals surface area (Å²) in [6.07, 6.45) is -4.08. The van der Waals surface area contributed by atoms with Crippen molar-refractivity contribution < 1.29 is 39.1 Å². The third-order valence-corrected chi connectivity index (χ3v) is 2.70. The highest BCUT2D eigenvalue weighted by Gasteiger charge is 2.51. The number of aliphatic hydroxyl groups is 1. The van der Waals surface area contributed by atoms with E-state index in [4.69, 9.17) is 19.3 Å². The zero-order valence-corrected chi connectivity index (χ0v) is 12.3. The van der Waals surface area contributed by atoms with Crippen molar-refractivity contribution in [1.82, 2.24) is 0 Å². The van der Waals surface area contributed by atoms with Crippen molar-refractivity contribution in [3.8, 4) is 0 Å². The van der Waals surface area contributed by atoms with Crippen LogP contribution in [0.25, 0.3) is 0 Å². The van der Waals surface area contributed by atoms with Gasteiger partial charge in [0.2, 0.25) is 0 Å². The van der Waals surface area contributed by atoms with Gasteiger partial charge < -0.3 is 29.5 Å². The molecule has 1 aliphatic heterocycles. The van der Waals surface area contributed by atoms with Crippen molar-refractivity contribution in [2.75, 3.05) is 0 Å². The smallest absolute Gasteiger partial charge is 0.335 e. The van der Waals surface area contributed by atoms with Crippen molar-refractivity contribution in [2.24, 2.45) is 0 Å². The maximum atomic E-state index is 11.3. The van der Waals surface area contributed by atoms with E-state index in [1.807, 2.05) is 0 Å². The molecule has 1 heterocycles. The molecule has 1 aliphatic rings. The zero-order chi connectivity index (χ0) is 16.6. The molecule has 8 heteroatoms. The van der Waals surface area contributed by atoms with Crippen LogP contribution < -0.4 is 0 Å². The minimum Gasteiger partial charge on any atom is -0.479 e. The molecular weight excluding hydrogens is 284 g/mol. The third-order valence-electron chi connectivity index (χ3n) is 2.70. The van der Waals surface area contributed by atoms with Crippen LogP contribution in [-0.2, 0) is 23.8 Å². The van der Waals surface area contributed by atoms with Crippen LogP contribution in [0.1, 0.15) is 27.7 Å². The fourth-order valence-corrected chi connectivity index (χ4v) is 1.97. The monoisotopic (exact) mass is 304 g/mol. The largest absolute Gasteiger partial charge is 0.479 e. The molecule has 0 bridgehead atoms. The van der Waals surface area contributed by atoms with Crippen LogP contribution in [0.2, 0.25) is 0 Å². The molecule has 3 N–H and O–H groups in total. The van der Waals surface area contributed by atoms with Gasteiger partial charge in [-0.25, -0.2) is 9.59 Å². The van der Waals surface area contributed by atoms with Gasteiger partial charge in [0.15, 0.2) is 17.7 Å². The Hall–Kier alpha value is -1.48. The Morgan fingerprint density at radius 3 is 2.19 bits per heavy atom. The topological polar surface area (TPSA) is 123 Å². The summed E-state index contributed by atoms with van der Waals surface area (Å²) in [5.74, 6) is -5.65. The molecule has 3 atom stereocenters. The predicted octanol–water partition coefficient (Wildman–Crippen LogP) is 0.345. The minimum atomic E-state index is -1.71. The van der Waals surface area contributed by atoms with Crippen LogP contribution in [0.15, 0.2) is 12.2 Å². The number of hydrogen-bond acceptors (Lipinski definition) is 6. The normalized spacial score (nSPS) is 26.3. The SMILES string of the molecule is C=C(C(=O)O)C(OC(C)(C)O)C1OC(C)(C)OC1C(=O)O. The van der Waals surface area contributed by atoms with E-state index in [9.17, 15) is 19.8 Å². The number of aliphatic carboxylic acids is 2. The van der Waals surface area contributed by atoms with Gasteiger partial charge in [0.05, 0.1) is 5.57 Å². The molecule has 0 aromatic rings. The lowest BCUT2D eigenvalue weighted by Crippen LogP contribution is -2.47. The Balaban J connectivity index is 3.14. The Kier molecular flexibility index (Phi) is 4.79. The van der Waals surface area contributed by atoms with Crippen molar-refractivity contribution >= 4 is 11.9 Å². The van der Waals surface area contributed by atoms with Gasteiger partial charge in [-0.15, -0.1) is 0 Å². The molecule has 1 saturated heterocycles. The van der Waals surface area contributed by atoms with E-state index in [0.29, 0.717) is 0 Å². The number of hydrogen-bond donors (Lipinski definition) is 3. The van der Waals surface area contributed by atoms with Crippen LogP contribution in [0, 0.1) is 0 Å². The second-order valence-corrected chi connectivity index (χ2v) is 5.67. The van der Waals surface area contributed by atoms with Gasteiger partial charge >= 0.3 is 11.9 Å². The summed E-state index contributed by atoms with van der Waals surface area (Å²) in [6.45, 7) is 8.92. The minimum absolute atomic E-state index is 0.435. The van der Waals surface area contributed by atoms with Crippen LogP contribution in [0.3, 0.4) is 0 Å². The number of rotatable bonds is 6. The van der Waals surface area contributed by atoms with E-state index in [-0.39, 0.29) is 0 Å². The molecule has 21 heavy (non-hydrogen) atoms. The van der Waals surface area contributed by atoms with E-state index >= 15 is 0 Å². The number of ether oxygens (including phenoxy) is 3. The van der Waals surface area contributed by atoms with Crippen LogP contribution in [0.4, 0.5) is 0 Å². The molecule has 0 aromatic heterocycles. The van der Waals surface area contributed by atoms with Crippen molar-refractivity contribution in [3.05, 3.63) is 12.2 Å². The summed E-state index contributed by atoms with van der Waals surface area (Å²) in [6, 6.07) is 0. The first-order valence-corrected chi connectivity index (χ1v) is 6.25. The summed E-state index contributed by atoms with van der Waals surface area (Å²) in [5, 5.41) is 28.0. The van der Waals surface area contributed by atoms with Crippen molar-refractivity contribution in [1.29, 1.82) is 0 Å². The number of carboxylic acids is 2. The fourth-order valence-electron chi connectivity index (χ4n) is 1.97. The Bertz CT molecular complexity index is 448. The first-order chi connectivity index (χ1) is 9.34. The highest BCUT2D eigenvalue weighted by atomic mass is 16.8. The lowest BCUT2D eigenvalue weighted by Gasteiger charge is -2.31. The first-order valence-electron chi connectivity index (χ1n) is 6.25. The van der Waals surface area contributed by atoms with Crippen LogP contribution >= 0.6 is 0 Å². The van der Waals surface area contributed by atoms with Gasteiger partial charge in [-0.2, -0.15) is 0 Å². The molecule has 0 amide bonds. The van der Waals surface area contributed by atoms with Gasteiger partial charge in [0.25, 0.3) is 0 Å². The molecule has 3 unspecified atom stereocenters. The summed E-state index contributed by atoms with van der Waals surface area (Å²) in [4.78, 5) is 22.4. The van der Waals surface area contributed by atoms with Crippen molar-refractivity contribution in [3.63, 3.8) is 0 Å². The van der Waals surface area contributed by atoms with E-state index in [0.717, 1.165) is 0 Å². The maximum absolute atomic E-state index is 11.3. The first kappa shape index (κ1) is 17.6. The van der Waals surface area contributed by atoms with Gasteiger partial charge in [-0.05, 0) is 27.7 Å². The molecule has 0 spiro atoms. The summed E-state index contributed by atoms with van der Waals surface area (Å²) in [7, 11) is 0. The van der Waals surface area contributed by atoms with Crippen LogP contribution in [-0.4, -0.2) is 57.1 Å². The van der Waals surface area contributed by atoms with E-state index in [1.54, 1.807) is 0 Å². The van der Waals surface area contributed by atoms with E-state index in [1.165, 1.54) is 27.7 Å². The molecule has 8 nitrogen and oxygen atoms in total. The second kappa shape index (κ2) is 5.72. The van der Waals surface area contributed by atoms with Gasteiger partial charge in [-0.3, -0.25) is 0 Å². The predicted molar refractivity (Wildman–Crippen MR) is 69.4 cm³/mol. The Labute approximate surface area is 121 Å². The molecule has 0 saturated carbocycles. The average Bonchev–Trinajstić information content (AvgIpc) is 2.60. The number of carboxylic acid groups (broad SMARTS) is 2. The number of carbonyl (C=O) groups is 2. The molecule has 0 radical (unpaired) electrons. The summed E-state index contributed by atoms with van der Waals surface area (Å²) < 4.78 is 15.9. The molecular formula is C13H20O8.